The van der Waals surface area contributed by atoms with Gasteiger partial charge in [-0.05, 0) is 63.7 Å². The maximum Gasteiger partial charge on any atom is 0.410 e. The fourth-order valence-corrected chi connectivity index (χ4v) is 5.96. The molecule has 2 aliphatic carbocycles. The number of hydrogen-bond acceptors (Lipinski definition) is 7. The zero-order valence-electron chi connectivity index (χ0n) is 27.3. The van der Waals surface area contributed by atoms with Crippen LogP contribution in [0.5, 0.6) is 0 Å². The Balaban J connectivity index is 0.000000257. The van der Waals surface area contributed by atoms with Gasteiger partial charge in [0.1, 0.15) is 11.7 Å². The van der Waals surface area contributed by atoms with Crippen molar-refractivity contribution in [1.82, 2.24) is 9.80 Å². The fraction of sp³-hybridized carbons (Fsp3) is 0.615. The summed E-state index contributed by atoms with van der Waals surface area (Å²) in [5.74, 6) is 1.17. The van der Waals surface area contributed by atoms with E-state index in [0.29, 0.717) is 31.9 Å². The molecule has 2 heterocycles. The molecule has 47 heavy (non-hydrogen) atoms. The largest absolute Gasteiger partial charge is 0.495 e. The molecule has 1 N–H and O–H groups in total. The van der Waals surface area contributed by atoms with Crippen LogP contribution in [-0.4, -0.2) is 83.3 Å². The van der Waals surface area contributed by atoms with E-state index in [1.165, 1.54) is 16.9 Å². The minimum absolute atomic E-state index is 0. The highest BCUT2D eigenvalue weighted by Gasteiger charge is 2.34. The predicted molar refractivity (Wildman–Crippen MR) is 188 cm³/mol. The number of ether oxygens (including phenoxy) is 4. The number of carbonyl (C=O) groups is 1. The van der Waals surface area contributed by atoms with Crippen molar-refractivity contribution in [3.05, 3.63) is 83.6 Å². The number of carbonyl (C=O) groups excluding carboxylic acids is 1. The molecule has 0 unspecified atom stereocenters. The summed E-state index contributed by atoms with van der Waals surface area (Å²) in [6.07, 6.45) is 9.22. The van der Waals surface area contributed by atoms with E-state index in [-0.39, 0.29) is 39.3 Å². The molecule has 4 aliphatic rings. The van der Waals surface area contributed by atoms with Gasteiger partial charge >= 0.3 is 6.09 Å². The van der Waals surface area contributed by atoms with E-state index in [9.17, 15) is 9.90 Å². The van der Waals surface area contributed by atoms with Gasteiger partial charge in [0.15, 0.2) is 0 Å². The summed E-state index contributed by atoms with van der Waals surface area (Å²) in [4.78, 5) is 16.1. The van der Waals surface area contributed by atoms with Gasteiger partial charge in [-0.25, -0.2) is 4.79 Å². The molecule has 3 fully saturated rings. The van der Waals surface area contributed by atoms with Gasteiger partial charge in [-0.1, -0.05) is 75.5 Å². The molecule has 0 aromatic heterocycles. The molecule has 1 saturated heterocycles. The van der Waals surface area contributed by atoms with E-state index in [1.54, 1.807) is 4.90 Å². The molecule has 0 atom stereocenters. The first kappa shape index (κ1) is 38.5. The number of aliphatic hydroxyl groups is 1. The van der Waals surface area contributed by atoms with E-state index in [4.69, 9.17) is 18.9 Å². The highest BCUT2D eigenvalue weighted by Crippen LogP contribution is 2.31. The van der Waals surface area contributed by atoms with Gasteiger partial charge in [-0.15, -0.1) is 0 Å². The molecule has 262 valence electrons. The standard InChI is InChI=1S/C23H27NO2.C14H25NO4.2CH4/c1-3-7-19(8-4-1)17-24-13-11-21(12-14-24)26-23-15-22(16-23)25-18-20-9-5-2-6-10-20;1-14(2,3)19-13(17)15-6-4-11(5-7-15)18-12-8-10(16)9-12;;/h1-11,22-23H,12-18H2;10-12,16H,4-9H2,1-3H3;2*1H4. The highest BCUT2D eigenvalue weighted by molar-refractivity contribution is 5.68. The second-order valence-corrected chi connectivity index (χ2v) is 13.8. The zero-order chi connectivity index (χ0) is 31.6. The third-order valence-electron chi connectivity index (χ3n) is 8.75. The maximum atomic E-state index is 11.9. The Kier molecular flexibility index (Phi) is 15.2. The van der Waals surface area contributed by atoms with Crippen LogP contribution in [0.25, 0.3) is 0 Å². The topological polar surface area (TPSA) is 80.7 Å². The number of aliphatic hydroxyl groups excluding tert-OH is 1. The van der Waals surface area contributed by atoms with Crippen molar-refractivity contribution in [2.24, 2.45) is 0 Å². The first-order valence-electron chi connectivity index (χ1n) is 16.8. The molecule has 2 aromatic carbocycles. The lowest BCUT2D eigenvalue weighted by molar-refractivity contribution is -0.116. The average molecular weight is 653 g/mol. The van der Waals surface area contributed by atoms with Crippen molar-refractivity contribution in [2.45, 2.75) is 130 Å². The number of likely N-dealkylation sites (tertiary alicyclic amines) is 1. The molecule has 2 aliphatic heterocycles. The lowest BCUT2D eigenvalue weighted by atomic mass is 9.91. The van der Waals surface area contributed by atoms with Crippen LogP contribution in [-0.2, 0) is 32.1 Å². The summed E-state index contributed by atoms with van der Waals surface area (Å²) >= 11 is 0. The Morgan fingerprint density at radius 2 is 1.43 bits per heavy atom. The fourth-order valence-electron chi connectivity index (χ4n) is 5.96. The van der Waals surface area contributed by atoms with Gasteiger partial charge in [0.25, 0.3) is 0 Å². The van der Waals surface area contributed by atoms with Crippen LogP contribution in [0.2, 0.25) is 0 Å². The second kappa shape index (κ2) is 18.6. The Morgan fingerprint density at radius 1 is 0.809 bits per heavy atom. The smallest absolute Gasteiger partial charge is 0.410 e. The predicted octanol–water partition coefficient (Wildman–Crippen LogP) is 7.74. The van der Waals surface area contributed by atoms with Crippen LogP contribution in [0.15, 0.2) is 72.5 Å². The van der Waals surface area contributed by atoms with Crippen LogP contribution < -0.4 is 0 Å². The highest BCUT2D eigenvalue weighted by atomic mass is 16.6. The normalized spacial score (nSPS) is 24.5. The van der Waals surface area contributed by atoms with Gasteiger partial charge in [-0.2, -0.15) is 0 Å². The van der Waals surface area contributed by atoms with Crippen molar-refractivity contribution < 1.29 is 28.8 Å². The van der Waals surface area contributed by atoms with E-state index >= 15 is 0 Å². The Morgan fingerprint density at radius 3 is 1.98 bits per heavy atom. The van der Waals surface area contributed by atoms with Crippen molar-refractivity contribution in [2.75, 3.05) is 26.2 Å². The van der Waals surface area contributed by atoms with E-state index in [0.717, 1.165) is 64.6 Å². The Bertz CT molecular complexity index is 1200. The minimum Gasteiger partial charge on any atom is -0.495 e. The van der Waals surface area contributed by atoms with Gasteiger partial charge in [-0.3, -0.25) is 4.90 Å². The summed E-state index contributed by atoms with van der Waals surface area (Å²) in [5, 5.41) is 9.22. The summed E-state index contributed by atoms with van der Waals surface area (Å²) in [7, 11) is 0. The molecule has 8 nitrogen and oxygen atoms in total. The molecule has 2 saturated carbocycles. The van der Waals surface area contributed by atoms with Crippen LogP contribution in [0, 0.1) is 0 Å². The van der Waals surface area contributed by atoms with Crippen LogP contribution in [0.4, 0.5) is 4.79 Å². The SMILES string of the molecule is C.C.C1=C(OC2CC(OCc3ccccc3)C2)CCN(Cc2ccccc2)C1.CC(C)(C)OC(=O)N1CCC(OC2CC(O)C2)CC1. The zero-order valence-corrected chi connectivity index (χ0v) is 27.3. The van der Waals surface area contributed by atoms with Crippen molar-refractivity contribution in [3.8, 4) is 0 Å². The van der Waals surface area contributed by atoms with Crippen molar-refractivity contribution in [1.29, 1.82) is 0 Å². The summed E-state index contributed by atoms with van der Waals surface area (Å²) < 4.78 is 23.4. The van der Waals surface area contributed by atoms with Crippen molar-refractivity contribution in [3.63, 3.8) is 0 Å². The quantitative estimate of drug-likeness (QED) is 0.297. The molecular formula is C39H60N2O6. The van der Waals surface area contributed by atoms with E-state index in [1.807, 2.05) is 26.8 Å². The second-order valence-electron chi connectivity index (χ2n) is 13.8. The molecule has 6 rings (SSSR count). The number of piperidine rings is 1. The molecule has 2 aromatic rings. The summed E-state index contributed by atoms with van der Waals surface area (Å²) in [6.45, 7) is 10.8. The summed E-state index contributed by atoms with van der Waals surface area (Å²) in [6, 6.07) is 21.1. The van der Waals surface area contributed by atoms with Crippen LogP contribution in [0.3, 0.4) is 0 Å². The van der Waals surface area contributed by atoms with Crippen LogP contribution in [0.1, 0.15) is 91.7 Å². The molecule has 1 amide bonds. The number of hydrogen-bond donors (Lipinski definition) is 1. The lowest BCUT2D eigenvalue weighted by Gasteiger charge is -2.38. The number of benzene rings is 2. The minimum atomic E-state index is -0.438. The first-order chi connectivity index (χ1) is 21.7. The third-order valence-corrected chi connectivity index (χ3v) is 8.75. The maximum absolute atomic E-state index is 11.9. The van der Waals surface area contributed by atoms with E-state index < -0.39 is 5.60 Å². The van der Waals surface area contributed by atoms with Crippen molar-refractivity contribution >= 4 is 6.09 Å². The van der Waals surface area contributed by atoms with Crippen LogP contribution >= 0.6 is 0 Å². The molecule has 0 spiro atoms. The lowest BCUT2D eigenvalue weighted by Crippen LogP contribution is -2.45. The first-order valence-corrected chi connectivity index (χ1v) is 16.8. The number of nitrogens with zero attached hydrogens (tertiary/aromatic N) is 2. The summed E-state index contributed by atoms with van der Waals surface area (Å²) in [5.41, 5.74) is 2.18. The Labute approximate surface area is 284 Å². The van der Waals surface area contributed by atoms with Gasteiger partial charge in [0, 0.05) is 52.0 Å². The monoisotopic (exact) mass is 652 g/mol. The van der Waals surface area contributed by atoms with Gasteiger partial charge in [0.2, 0.25) is 0 Å². The molecule has 0 bridgehead atoms. The van der Waals surface area contributed by atoms with E-state index in [2.05, 4.69) is 65.6 Å². The molecular weight excluding hydrogens is 592 g/mol. The van der Waals surface area contributed by atoms with Gasteiger partial charge in [0.05, 0.1) is 36.8 Å². The third kappa shape index (κ3) is 12.9. The Hall–Kier alpha value is -2.91. The van der Waals surface area contributed by atoms with Gasteiger partial charge < -0.3 is 29.0 Å². The number of rotatable bonds is 9. The number of amides is 1. The average Bonchev–Trinajstić information content (AvgIpc) is 2.99. The molecule has 0 radical (unpaired) electrons. The molecule has 8 heteroatoms.